The molecule has 0 fully saturated rings. The average molecular weight is 272 g/mol. The van der Waals surface area contributed by atoms with E-state index in [4.69, 9.17) is 14.2 Å². The molecule has 0 aliphatic rings. The van der Waals surface area contributed by atoms with E-state index in [1.54, 1.807) is 62.6 Å². The molecule has 0 spiro atoms. The summed E-state index contributed by atoms with van der Waals surface area (Å²) in [4.78, 5) is 11.9. The van der Waals surface area contributed by atoms with Crippen LogP contribution < -0.4 is 14.2 Å². The van der Waals surface area contributed by atoms with E-state index >= 15 is 0 Å². The van der Waals surface area contributed by atoms with Crippen LogP contribution in [0.4, 0.5) is 0 Å². The van der Waals surface area contributed by atoms with Gasteiger partial charge in [-0.3, -0.25) is 0 Å². The van der Waals surface area contributed by atoms with Crippen LogP contribution in [0.2, 0.25) is 0 Å². The van der Waals surface area contributed by atoms with Crippen LogP contribution in [0.25, 0.3) is 0 Å². The summed E-state index contributed by atoms with van der Waals surface area (Å²) < 4.78 is 15.8. The second kappa shape index (κ2) is 6.61. The average Bonchev–Trinajstić information content (AvgIpc) is 2.49. The predicted molar refractivity (Wildman–Crippen MR) is 75.2 cm³/mol. The van der Waals surface area contributed by atoms with Gasteiger partial charge in [-0.1, -0.05) is 18.2 Å². The highest BCUT2D eigenvalue weighted by Gasteiger charge is 2.17. The first kappa shape index (κ1) is 13.9. The van der Waals surface area contributed by atoms with Crippen molar-refractivity contribution in [3.05, 3.63) is 54.6 Å². The second-order valence-electron chi connectivity index (χ2n) is 4.17. The Labute approximate surface area is 117 Å². The molecule has 4 nitrogen and oxygen atoms in total. The highest BCUT2D eigenvalue weighted by Crippen LogP contribution is 2.19. The Morgan fingerprint density at radius 3 is 2.10 bits per heavy atom. The first-order valence-electron chi connectivity index (χ1n) is 6.26. The maximum absolute atomic E-state index is 11.9. The standard InChI is InChI=1S/C16H16O4/c1-12(16(17)20-14-6-4-3-5-7-14)19-15-10-8-13(18-2)9-11-15/h3-12H,1-2H3/t12-/m1/s1. The third kappa shape index (κ3) is 3.75. The fourth-order valence-corrected chi connectivity index (χ4v) is 1.59. The Hall–Kier alpha value is -2.49. The molecule has 0 heterocycles. The Kier molecular flexibility index (Phi) is 4.60. The lowest BCUT2D eigenvalue weighted by molar-refractivity contribution is -0.141. The summed E-state index contributed by atoms with van der Waals surface area (Å²) >= 11 is 0. The SMILES string of the molecule is COc1ccc(O[C@H](C)C(=O)Oc2ccccc2)cc1. The van der Waals surface area contributed by atoms with E-state index in [0.717, 1.165) is 5.75 Å². The molecule has 4 heteroatoms. The van der Waals surface area contributed by atoms with Crippen LogP contribution in [0.5, 0.6) is 17.2 Å². The van der Waals surface area contributed by atoms with Crippen molar-refractivity contribution in [3.8, 4) is 17.2 Å². The third-order valence-corrected chi connectivity index (χ3v) is 2.67. The van der Waals surface area contributed by atoms with Crippen molar-refractivity contribution in [1.29, 1.82) is 0 Å². The summed E-state index contributed by atoms with van der Waals surface area (Å²) in [5.41, 5.74) is 0. The number of rotatable bonds is 5. The van der Waals surface area contributed by atoms with Crippen molar-refractivity contribution in [2.24, 2.45) is 0 Å². The summed E-state index contributed by atoms with van der Waals surface area (Å²) in [7, 11) is 1.59. The minimum atomic E-state index is -0.691. The molecule has 20 heavy (non-hydrogen) atoms. The van der Waals surface area contributed by atoms with Gasteiger partial charge < -0.3 is 14.2 Å². The fourth-order valence-electron chi connectivity index (χ4n) is 1.59. The van der Waals surface area contributed by atoms with Crippen molar-refractivity contribution < 1.29 is 19.0 Å². The van der Waals surface area contributed by atoms with Gasteiger partial charge in [0.2, 0.25) is 0 Å². The van der Waals surface area contributed by atoms with Crippen LogP contribution in [0.3, 0.4) is 0 Å². The molecule has 0 bridgehead atoms. The molecule has 1 atom stereocenters. The van der Waals surface area contributed by atoms with Crippen LogP contribution in [-0.4, -0.2) is 19.2 Å². The molecule has 0 saturated heterocycles. The molecule has 0 saturated carbocycles. The van der Waals surface area contributed by atoms with Gasteiger partial charge in [0.05, 0.1) is 7.11 Å². The lowest BCUT2D eigenvalue weighted by atomic mass is 10.3. The van der Waals surface area contributed by atoms with Gasteiger partial charge in [0.25, 0.3) is 0 Å². The van der Waals surface area contributed by atoms with E-state index in [9.17, 15) is 4.79 Å². The van der Waals surface area contributed by atoms with Crippen molar-refractivity contribution in [2.45, 2.75) is 13.0 Å². The van der Waals surface area contributed by atoms with E-state index < -0.39 is 12.1 Å². The molecule has 0 aliphatic carbocycles. The van der Waals surface area contributed by atoms with Crippen molar-refractivity contribution in [3.63, 3.8) is 0 Å². The minimum absolute atomic E-state index is 0.438. The number of hydrogen-bond donors (Lipinski definition) is 0. The first-order chi connectivity index (χ1) is 9.69. The van der Waals surface area contributed by atoms with Crippen molar-refractivity contribution >= 4 is 5.97 Å². The quantitative estimate of drug-likeness (QED) is 0.620. The highest BCUT2D eigenvalue weighted by atomic mass is 16.6. The zero-order valence-corrected chi connectivity index (χ0v) is 11.4. The molecule has 0 unspecified atom stereocenters. The van der Waals surface area contributed by atoms with Gasteiger partial charge in [-0.05, 0) is 43.3 Å². The summed E-state index contributed by atoms with van der Waals surface area (Å²) in [6, 6.07) is 15.9. The maximum Gasteiger partial charge on any atom is 0.352 e. The fraction of sp³-hybridized carbons (Fsp3) is 0.188. The molecule has 0 amide bonds. The molecular formula is C16H16O4. The van der Waals surface area contributed by atoms with E-state index in [0.29, 0.717) is 11.5 Å². The summed E-state index contributed by atoms with van der Waals surface area (Å²) in [5.74, 6) is 1.38. The largest absolute Gasteiger partial charge is 0.497 e. The van der Waals surface area contributed by atoms with Crippen LogP contribution in [0.15, 0.2) is 54.6 Å². The van der Waals surface area contributed by atoms with Gasteiger partial charge in [-0.15, -0.1) is 0 Å². The molecular weight excluding hydrogens is 256 g/mol. The third-order valence-electron chi connectivity index (χ3n) is 2.67. The number of ether oxygens (including phenoxy) is 3. The van der Waals surface area contributed by atoms with E-state index in [-0.39, 0.29) is 0 Å². The summed E-state index contributed by atoms with van der Waals surface area (Å²) in [6.07, 6.45) is -0.691. The molecule has 0 aromatic heterocycles. The molecule has 2 aromatic rings. The van der Waals surface area contributed by atoms with E-state index in [1.165, 1.54) is 0 Å². The predicted octanol–water partition coefficient (Wildman–Crippen LogP) is 3.07. The number of para-hydroxylation sites is 1. The Morgan fingerprint density at radius 1 is 0.900 bits per heavy atom. The van der Waals surface area contributed by atoms with E-state index in [1.807, 2.05) is 6.07 Å². The second-order valence-corrected chi connectivity index (χ2v) is 4.17. The van der Waals surface area contributed by atoms with Gasteiger partial charge in [0.1, 0.15) is 17.2 Å². The van der Waals surface area contributed by atoms with Crippen LogP contribution in [-0.2, 0) is 4.79 Å². The van der Waals surface area contributed by atoms with E-state index in [2.05, 4.69) is 0 Å². The smallest absolute Gasteiger partial charge is 0.352 e. The molecule has 2 rings (SSSR count). The Balaban J connectivity index is 1.93. The summed E-state index contributed by atoms with van der Waals surface area (Å²) in [6.45, 7) is 1.65. The lowest BCUT2D eigenvalue weighted by Gasteiger charge is -2.14. The number of carbonyl (C=O) groups is 1. The topological polar surface area (TPSA) is 44.8 Å². The van der Waals surface area contributed by atoms with Crippen LogP contribution >= 0.6 is 0 Å². The van der Waals surface area contributed by atoms with Gasteiger partial charge in [-0.2, -0.15) is 0 Å². The number of methoxy groups -OCH3 is 1. The minimum Gasteiger partial charge on any atom is -0.497 e. The molecule has 0 aliphatic heterocycles. The van der Waals surface area contributed by atoms with Crippen LogP contribution in [0, 0.1) is 0 Å². The van der Waals surface area contributed by atoms with Gasteiger partial charge in [0, 0.05) is 0 Å². The monoisotopic (exact) mass is 272 g/mol. The molecule has 2 aromatic carbocycles. The number of carbonyl (C=O) groups excluding carboxylic acids is 1. The Morgan fingerprint density at radius 2 is 1.50 bits per heavy atom. The Bertz CT molecular complexity index is 548. The first-order valence-corrected chi connectivity index (χ1v) is 6.26. The number of hydrogen-bond acceptors (Lipinski definition) is 4. The molecule has 0 N–H and O–H groups in total. The van der Waals surface area contributed by atoms with Gasteiger partial charge in [-0.25, -0.2) is 4.79 Å². The van der Waals surface area contributed by atoms with Gasteiger partial charge in [0.15, 0.2) is 6.10 Å². The maximum atomic E-state index is 11.9. The van der Waals surface area contributed by atoms with Gasteiger partial charge >= 0.3 is 5.97 Å². The van der Waals surface area contributed by atoms with Crippen LogP contribution in [0.1, 0.15) is 6.92 Å². The highest BCUT2D eigenvalue weighted by molar-refractivity contribution is 5.77. The number of esters is 1. The van der Waals surface area contributed by atoms with Crippen molar-refractivity contribution in [1.82, 2.24) is 0 Å². The zero-order valence-electron chi connectivity index (χ0n) is 11.4. The zero-order chi connectivity index (χ0) is 14.4. The lowest BCUT2D eigenvalue weighted by Crippen LogP contribution is -2.28. The normalized spacial score (nSPS) is 11.5. The molecule has 104 valence electrons. The summed E-state index contributed by atoms with van der Waals surface area (Å²) in [5, 5.41) is 0. The van der Waals surface area contributed by atoms with Crippen molar-refractivity contribution in [2.75, 3.05) is 7.11 Å². The molecule has 0 radical (unpaired) electrons. The number of benzene rings is 2.